The Labute approximate surface area is 164 Å². The number of amides is 3. The van der Waals surface area contributed by atoms with E-state index in [1.54, 1.807) is 30.3 Å². The minimum atomic E-state index is -1.02. The van der Waals surface area contributed by atoms with Gasteiger partial charge in [-0.1, -0.05) is 17.4 Å². The molecule has 0 bridgehead atoms. The molecule has 29 heavy (non-hydrogen) atoms. The van der Waals surface area contributed by atoms with Crippen LogP contribution in [0.5, 0.6) is 5.75 Å². The predicted octanol–water partition coefficient (Wildman–Crippen LogP) is 1.77. The molecular weight excluding hydrogens is 381 g/mol. The van der Waals surface area contributed by atoms with Crippen molar-refractivity contribution in [3.8, 4) is 5.75 Å². The van der Waals surface area contributed by atoms with Crippen LogP contribution in [0.2, 0.25) is 0 Å². The van der Waals surface area contributed by atoms with E-state index in [1.165, 1.54) is 25.3 Å². The number of halogens is 1. The van der Waals surface area contributed by atoms with Gasteiger partial charge >= 0.3 is 0 Å². The number of anilines is 2. The summed E-state index contributed by atoms with van der Waals surface area (Å²) in [5.74, 6) is -1.64. The number of fused-ring (bicyclic) bond motifs is 1. The molecule has 2 aromatic carbocycles. The van der Waals surface area contributed by atoms with E-state index in [0.29, 0.717) is 11.4 Å². The largest absolute Gasteiger partial charge is 0.497 e. The summed E-state index contributed by atoms with van der Waals surface area (Å²) in [5, 5.41) is 11.2. The second-order valence-corrected chi connectivity index (χ2v) is 6.43. The fourth-order valence-electron chi connectivity index (χ4n) is 3.24. The quantitative estimate of drug-likeness (QED) is 0.775. The summed E-state index contributed by atoms with van der Waals surface area (Å²) in [5.41, 5.74) is 0.389. The second kappa shape index (κ2) is 7.30. The van der Waals surface area contributed by atoms with Crippen molar-refractivity contribution in [1.82, 2.24) is 5.01 Å². The number of methoxy groups -OCH3 is 1. The van der Waals surface area contributed by atoms with Gasteiger partial charge in [-0.2, -0.15) is 5.11 Å². The molecule has 2 aliphatic heterocycles. The van der Waals surface area contributed by atoms with Crippen molar-refractivity contribution in [3.63, 3.8) is 0 Å². The molecule has 2 unspecified atom stereocenters. The molecule has 0 saturated carbocycles. The number of benzene rings is 2. The molecule has 1 fully saturated rings. The lowest BCUT2D eigenvalue weighted by molar-refractivity contribution is -0.123. The molecule has 2 aliphatic rings. The fraction of sp³-hybridized carbons (Fsp3) is 0.211. The number of carbonyl (C=O) groups is 3. The summed E-state index contributed by atoms with van der Waals surface area (Å²) in [4.78, 5) is 38.8. The normalized spacial score (nSPS) is 20.2. The van der Waals surface area contributed by atoms with Gasteiger partial charge in [-0.3, -0.25) is 19.4 Å². The van der Waals surface area contributed by atoms with Crippen LogP contribution in [-0.4, -0.2) is 48.5 Å². The molecule has 9 nitrogen and oxygen atoms in total. The minimum absolute atomic E-state index is 0.0128. The van der Waals surface area contributed by atoms with Gasteiger partial charge in [0.2, 0.25) is 5.91 Å². The molecule has 2 aromatic rings. The lowest BCUT2D eigenvalue weighted by Crippen LogP contribution is -2.43. The Morgan fingerprint density at radius 1 is 1.14 bits per heavy atom. The van der Waals surface area contributed by atoms with Crippen molar-refractivity contribution in [2.45, 2.75) is 12.1 Å². The summed E-state index contributed by atoms with van der Waals surface area (Å²) in [7, 11) is 1.51. The molecule has 0 spiro atoms. The van der Waals surface area contributed by atoms with E-state index in [4.69, 9.17) is 4.74 Å². The number of nitrogens with zero attached hydrogens (tertiary/aromatic N) is 4. The summed E-state index contributed by atoms with van der Waals surface area (Å²) in [6.07, 6.45) is 0. The molecule has 0 radical (unpaired) electrons. The Morgan fingerprint density at radius 2 is 1.86 bits per heavy atom. The van der Waals surface area contributed by atoms with Gasteiger partial charge in [-0.15, -0.1) is 0 Å². The summed E-state index contributed by atoms with van der Waals surface area (Å²) < 4.78 is 18.8. The zero-order chi connectivity index (χ0) is 20.5. The molecule has 10 heteroatoms. The van der Waals surface area contributed by atoms with Crippen LogP contribution < -0.4 is 15.0 Å². The third-order valence-corrected chi connectivity index (χ3v) is 4.64. The lowest BCUT2D eigenvalue weighted by atomic mass is 10.1. The van der Waals surface area contributed by atoms with Crippen molar-refractivity contribution in [1.29, 1.82) is 0 Å². The van der Waals surface area contributed by atoms with Crippen molar-refractivity contribution in [2.75, 3.05) is 23.9 Å². The van der Waals surface area contributed by atoms with Crippen LogP contribution in [0.15, 0.2) is 58.9 Å². The van der Waals surface area contributed by atoms with E-state index >= 15 is 0 Å². The number of hydrogen-bond acceptors (Lipinski definition) is 7. The highest BCUT2D eigenvalue weighted by Crippen LogP contribution is 2.32. The highest BCUT2D eigenvalue weighted by atomic mass is 19.1. The Bertz CT molecular complexity index is 1010. The maximum atomic E-state index is 13.7. The average Bonchev–Trinajstić information content (AvgIpc) is 3.23. The molecular formula is C19H16FN5O4. The van der Waals surface area contributed by atoms with E-state index in [-0.39, 0.29) is 12.2 Å². The van der Waals surface area contributed by atoms with Crippen LogP contribution in [0.1, 0.15) is 0 Å². The van der Waals surface area contributed by atoms with Gasteiger partial charge in [0, 0.05) is 0 Å². The van der Waals surface area contributed by atoms with Gasteiger partial charge in [0.1, 0.15) is 18.1 Å². The first-order valence-corrected chi connectivity index (χ1v) is 8.73. The summed E-state index contributed by atoms with van der Waals surface area (Å²) >= 11 is 0. The maximum absolute atomic E-state index is 13.7. The van der Waals surface area contributed by atoms with Crippen LogP contribution in [0, 0.1) is 5.82 Å². The second-order valence-electron chi connectivity index (χ2n) is 6.43. The Morgan fingerprint density at radius 3 is 2.55 bits per heavy atom. The van der Waals surface area contributed by atoms with Gasteiger partial charge in [0.05, 0.1) is 18.5 Å². The standard InChI is InChI=1S/C19H16FN5O4/c1-29-12-8-6-11(7-9-12)25-18(27)16-17(19(25)28)24(23-22-16)10-15(26)21-14-5-3-2-4-13(14)20/h2-9,16-17H,10H2,1H3,(H,21,26). The SMILES string of the molecule is COc1ccc(N2C(=O)C3N=NN(CC(=O)Nc4ccccc4F)C3C2=O)cc1. The van der Waals surface area contributed by atoms with Gasteiger partial charge < -0.3 is 10.1 Å². The van der Waals surface area contributed by atoms with Crippen molar-refractivity contribution >= 4 is 29.1 Å². The smallest absolute Gasteiger partial charge is 0.263 e. The van der Waals surface area contributed by atoms with Gasteiger partial charge in [0.15, 0.2) is 12.1 Å². The number of ether oxygens (including phenoxy) is 1. The van der Waals surface area contributed by atoms with Crippen LogP contribution in [0.3, 0.4) is 0 Å². The molecule has 148 valence electrons. The Hall–Kier alpha value is -3.82. The number of hydrogen-bond donors (Lipinski definition) is 1. The number of nitrogens with one attached hydrogen (secondary N) is 1. The van der Waals surface area contributed by atoms with Gasteiger partial charge in [-0.25, -0.2) is 9.29 Å². The van der Waals surface area contributed by atoms with Crippen molar-refractivity contribution in [2.24, 2.45) is 10.3 Å². The highest BCUT2D eigenvalue weighted by Gasteiger charge is 2.55. The number of imide groups is 1. The molecule has 1 N–H and O–H groups in total. The van der Waals surface area contributed by atoms with Crippen LogP contribution in [-0.2, 0) is 14.4 Å². The third kappa shape index (κ3) is 3.28. The Balaban J connectivity index is 1.49. The van der Waals surface area contributed by atoms with Crippen molar-refractivity contribution in [3.05, 3.63) is 54.3 Å². The van der Waals surface area contributed by atoms with Crippen LogP contribution in [0.4, 0.5) is 15.8 Å². The molecule has 2 atom stereocenters. The highest BCUT2D eigenvalue weighted by molar-refractivity contribution is 6.25. The lowest BCUT2D eigenvalue weighted by Gasteiger charge is -2.20. The number of para-hydroxylation sites is 1. The maximum Gasteiger partial charge on any atom is 0.263 e. The Kier molecular flexibility index (Phi) is 4.67. The topological polar surface area (TPSA) is 104 Å². The fourth-order valence-corrected chi connectivity index (χ4v) is 3.24. The number of rotatable bonds is 5. The first-order valence-electron chi connectivity index (χ1n) is 8.73. The zero-order valence-electron chi connectivity index (χ0n) is 15.3. The molecule has 4 rings (SSSR count). The minimum Gasteiger partial charge on any atom is -0.497 e. The number of carbonyl (C=O) groups excluding carboxylic acids is 3. The first kappa shape index (κ1) is 18.5. The zero-order valence-corrected chi connectivity index (χ0v) is 15.3. The van der Waals surface area contributed by atoms with E-state index in [2.05, 4.69) is 15.7 Å². The van der Waals surface area contributed by atoms with Gasteiger partial charge in [-0.05, 0) is 36.4 Å². The van der Waals surface area contributed by atoms with Gasteiger partial charge in [0.25, 0.3) is 11.8 Å². The molecule has 1 saturated heterocycles. The van der Waals surface area contributed by atoms with E-state index in [1.807, 2.05) is 0 Å². The van der Waals surface area contributed by atoms with Crippen LogP contribution in [0.25, 0.3) is 0 Å². The van der Waals surface area contributed by atoms with Crippen molar-refractivity contribution < 1.29 is 23.5 Å². The molecule has 2 heterocycles. The summed E-state index contributed by atoms with van der Waals surface area (Å²) in [6, 6.07) is 10.1. The predicted molar refractivity (Wildman–Crippen MR) is 99.7 cm³/mol. The van der Waals surface area contributed by atoms with E-state index in [9.17, 15) is 18.8 Å². The van der Waals surface area contributed by atoms with Crippen LogP contribution >= 0.6 is 0 Å². The third-order valence-electron chi connectivity index (χ3n) is 4.64. The molecule has 3 amide bonds. The first-order chi connectivity index (χ1) is 14.0. The summed E-state index contributed by atoms with van der Waals surface area (Å²) in [6.45, 7) is -0.353. The molecule has 0 aliphatic carbocycles. The monoisotopic (exact) mass is 397 g/mol. The van der Waals surface area contributed by atoms with E-state index < -0.39 is 35.6 Å². The molecule has 0 aromatic heterocycles. The average molecular weight is 397 g/mol. The van der Waals surface area contributed by atoms with E-state index in [0.717, 1.165) is 9.91 Å².